The van der Waals surface area contributed by atoms with Crippen LogP contribution in [0.4, 0.5) is 0 Å². The van der Waals surface area contributed by atoms with Crippen molar-refractivity contribution in [3.8, 4) is 0 Å². The van der Waals surface area contributed by atoms with Gasteiger partial charge in [-0.15, -0.1) is 0 Å². The molecule has 3 aliphatic rings. The molecule has 3 saturated carbocycles. The van der Waals surface area contributed by atoms with Gasteiger partial charge in [-0.05, 0) is 107 Å². The number of carbonyl (C=O) groups excluding carboxylic acids is 1. The van der Waals surface area contributed by atoms with Crippen molar-refractivity contribution in [3.05, 3.63) is 0 Å². The van der Waals surface area contributed by atoms with Crippen LogP contribution in [0, 0.1) is 29.6 Å². The summed E-state index contributed by atoms with van der Waals surface area (Å²) in [5, 5.41) is 0. The van der Waals surface area contributed by atoms with Crippen molar-refractivity contribution in [2.75, 3.05) is 6.61 Å². The Hall–Kier alpha value is -0.370. The molecular weight excluding hydrogens is 296 g/mol. The second kappa shape index (κ2) is 9.36. The molecule has 0 aliphatic heterocycles. The van der Waals surface area contributed by atoms with Crippen LogP contribution in [0.2, 0.25) is 0 Å². The van der Waals surface area contributed by atoms with E-state index in [0.717, 1.165) is 49.5 Å². The highest BCUT2D eigenvalue weighted by Gasteiger charge is 2.34. The molecule has 0 unspecified atom stereocenters. The molecule has 3 fully saturated rings. The third kappa shape index (κ3) is 4.84. The fraction of sp³-hybridized carbons (Fsp3) is 0.955. The predicted molar refractivity (Wildman–Crippen MR) is 98.9 cm³/mol. The summed E-state index contributed by atoms with van der Waals surface area (Å²) in [6.07, 6.45) is 19.2. The minimum atomic E-state index is 0.378. The highest BCUT2D eigenvalue weighted by atomic mass is 16.5. The van der Waals surface area contributed by atoms with Gasteiger partial charge in [-0.2, -0.15) is 0 Å². The Balaban J connectivity index is 1.36. The summed E-state index contributed by atoms with van der Waals surface area (Å²) in [7, 11) is 0. The molecule has 3 aliphatic carbocycles. The van der Waals surface area contributed by atoms with Gasteiger partial charge in [0, 0.05) is 12.5 Å². The molecule has 0 heterocycles. The number of rotatable bonds is 6. The fourth-order valence-corrected chi connectivity index (χ4v) is 5.85. The van der Waals surface area contributed by atoms with E-state index in [1.807, 2.05) is 0 Å². The summed E-state index contributed by atoms with van der Waals surface area (Å²) >= 11 is 0. The quantitative estimate of drug-likeness (QED) is 0.575. The lowest BCUT2D eigenvalue weighted by molar-refractivity contribution is -0.112. The lowest BCUT2D eigenvalue weighted by Crippen LogP contribution is -2.31. The second-order valence-electron chi connectivity index (χ2n) is 8.89. The van der Waals surface area contributed by atoms with E-state index in [0.29, 0.717) is 12.0 Å². The van der Waals surface area contributed by atoms with Crippen molar-refractivity contribution in [1.82, 2.24) is 0 Å². The molecule has 0 N–H and O–H groups in total. The molecule has 24 heavy (non-hydrogen) atoms. The summed E-state index contributed by atoms with van der Waals surface area (Å²) in [4.78, 5) is 10.9. The van der Waals surface area contributed by atoms with E-state index in [1.165, 1.54) is 70.5 Å². The third-order valence-corrected chi connectivity index (χ3v) is 7.44. The van der Waals surface area contributed by atoms with Crippen molar-refractivity contribution in [1.29, 1.82) is 0 Å². The second-order valence-corrected chi connectivity index (χ2v) is 8.89. The van der Waals surface area contributed by atoms with Crippen LogP contribution in [-0.4, -0.2) is 19.0 Å². The van der Waals surface area contributed by atoms with E-state index < -0.39 is 0 Å². The van der Waals surface area contributed by atoms with Gasteiger partial charge in [-0.3, -0.25) is 0 Å². The van der Waals surface area contributed by atoms with Crippen LogP contribution in [0.15, 0.2) is 0 Å². The number of aldehydes is 1. The molecule has 0 aromatic heterocycles. The lowest BCUT2D eigenvalue weighted by atomic mass is 9.65. The van der Waals surface area contributed by atoms with E-state index in [-0.39, 0.29) is 0 Å². The van der Waals surface area contributed by atoms with Crippen molar-refractivity contribution in [2.24, 2.45) is 29.6 Å². The largest absolute Gasteiger partial charge is 0.378 e. The maximum Gasteiger partial charge on any atom is 0.123 e. The van der Waals surface area contributed by atoms with Crippen LogP contribution < -0.4 is 0 Å². The van der Waals surface area contributed by atoms with Crippen LogP contribution in [0.25, 0.3) is 0 Å². The van der Waals surface area contributed by atoms with Crippen molar-refractivity contribution in [3.63, 3.8) is 0 Å². The first-order valence-corrected chi connectivity index (χ1v) is 10.9. The third-order valence-electron chi connectivity index (χ3n) is 7.44. The zero-order chi connectivity index (χ0) is 16.8. The molecule has 2 nitrogen and oxygen atoms in total. The summed E-state index contributed by atoms with van der Waals surface area (Å²) in [5.41, 5.74) is 0. The molecule has 2 heteroatoms. The van der Waals surface area contributed by atoms with Crippen molar-refractivity contribution in [2.45, 2.75) is 96.5 Å². The Kier molecular flexibility index (Phi) is 7.19. The average molecular weight is 335 g/mol. The molecule has 0 atom stereocenters. The molecule has 0 radical (unpaired) electrons. The Bertz CT molecular complexity index is 356. The van der Waals surface area contributed by atoms with Gasteiger partial charge in [0.2, 0.25) is 0 Å². The topological polar surface area (TPSA) is 26.3 Å². The fourth-order valence-electron chi connectivity index (χ4n) is 5.85. The monoisotopic (exact) mass is 334 g/mol. The molecule has 0 aromatic rings. The van der Waals surface area contributed by atoms with Crippen LogP contribution in [-0.2, 0) is 9.53 Å². The van der Waals surface area contributed by atoms with Gasteiger partial charge < -0.3 is 9.53 Å². The van der Waals surface area contributed by atoms with Gasteiger partial charge >= 0.3 is 0 Å². The minimum absolute atomic E-state index is 0.378. The summed E-state index contributed by atoms with van der Waals surface area (Å²) in [6, 6.07) is 0. The maximum atomic E-state index is 10.9. The number of hydrogen-bond acceptors (Lipinski definition) is 2. The highest BCUT2D eigenvalue weighted by molar-refractivity contribution is 5.53. The van der Waals surface area contributed by atoms with Gasteiger partial charge in [0.15, 0.2) is 0 Å². The lowest BCUT2D eigenvalue weighted by Gasteiger charge is -2.41. The SMILES string of the molecule is CCCOC1CCC(C2CCC(C3CCC(C=O)CC3)CC2)CC1. The Morgan fingerprint density at radius 1 is 0.708 bits per heavy atom. The van der Waals surface area contributed by atoms with Gasteiger partial charge in [-0.25, -0.2) is 0 Å². The normalized spacial score (nSPS) is 41.0. The van der Waals surface area contributed by atoms with E-state index in [2.05, 4.69) is 6.92 Å². The summed E-state index contributed by atoms with van der Waals surface area (Å²) in [5.74, 6) is 4.26. The first-order chi connectivity index (χ1) is 11.8. The van der Waals surface area contributed by atoms with E-state index in [9.17, 15) is 4.79 Å². The predicted octanol–water partition coefficient (Wildman–Crippen LogP) is 5.78. The summed E-state index contributed by atoms with van der Waals surface area (Å²) < 4.78 is 5.96. The zero-order valence-corrected chi connectivity index (χ0v) is 15.8. The number of hydrogen-bond donors (Lipinski definition) is 0. The Morgan fingerprint density at radius 3 is 1.54 bits per heavy atom. The van der Waals surface area contributed by atoms with Crippen LogP contribution >= 0.6 is 0 Å². The smallest absolute Gasteiger partial charge is 0.123 e. The van der Waals surface area contributed by atoms with Gasteiger partial charge in [0.1, 0.15) is 6.29 Å². The number of ether oxygens (including phenoxy) is 1. The standard InChI is InChI=1S/C22H38O2/c1-2-15-24-22-13-11-21(12-14-22)20-9-7-19(8-10-20)18-5-3-17(16-23)4-6-18/h16-22H,2-15H2,1H3. The van der Waals surface area contributed by atoms with Crippen LogP contribution in [0.3, 0.4) is 0 Å². The Morgan fingerprint density at radius 2 is 1.12 bits per heavy atom. The van der Waals surface area contributed by atoms with Crippen LogP contribution in [0.1, 0.15) is 90.4 Å². The van der Waals surface area contributed by atoms with Crippen molar-refractivity contribution < 1.29 is 9.53 Å². The molecule has 0 bridgehead atoms. The van der Waals surface area contributed by atoms with Crippen molar-refractivity contribution >= 4 is 6.29 Å². The molecule has 0 spiro atoms. The minimum Gasteiger partial charge on any atom is -0.378 e. The van der Waals surface area contributed by atoms with E-state index in [4.69, 9.17) is 4.74 Å². The Labute approximate surface area is 149 Å². The molecular formula is C22H38O2. The molecule has 0 amide bonds. The summed E-state index contributed by atoms with van der Waals surface area (Å²) in [6.45, 7) is 3.16. The zero-order valence-electron chi connectivity index (χ0n) is 15.8. The van der Waals surface area contributed by atoms with E-state index in [1.54, 1.807) is 0 Å². The highest BCUT2D eigenvalue weighted by Crippen LogP contribution is 2.45. The first kappa shape index (κ1) is 18.4. The van der Waals surface area contributed by atoms with E-state index >= 15 is 0 Å². The van der Waals surface area contributed by atoms with Crippen LogP contribution in [0.5, 0.6) is 0 Å². The molecule has 0 saturated heterocycles. The molecule has 138 valence electrons. The van der Waals surface area contributed by atoms with Gasteiger partial charge in [0.05, 0.1) is 6.10 Å². The average Bonchev–Trinajstić information content (AvgIpc) is 2.67. The number of carbonyl (C=O) groups is 1. The molecule has 0 aromatic carbocycles. The molecule has 3 rings (SSSR count). The van der Waals surface area contributed by atoms with Gasteiger partial charge in [-0.1, -0.05) is 6.92 Å². The first-order valence-electron chi connectivity index (χ1n) is 10.9. The van der Waals surface area contributed by atoms with Gasteiger partial charge in [0.25, 0.3) is 0 Å². The maximum absolute atomic E-state index is 10.9.